The van der Waals surface area contributed by atoms with Crippen LogP contribution in [-0.2, 0) is 4.74 Å². The Bertz CT molecular complexity index is 435. The van der Waals surface area contributed by atoms with Crippen molar-refractivity contribution in [3.63, 3.8) is 0 Å². The second-order valence-electron chi connectivity index (χ2n) is 3.85. The number of para-hydroxylation sites is 1. The summed E-state index contributed by atoms with van der Waals surface area (Å²) in [5.74, 6) is -1.08. The fourth-order valence-electron chi connectivity index (χ4n) is 1.69. The molecule has 0 aromatic heterocycles. The molecule has 98 valence electrons. The number of ether oxygens (including phenoxy) is 2. The summed E-state index contributed by atoms with van der Waals surface area (Å²) in [5.41, 5.74) is -0.376. The molecule has 7 heteroatoms. The molecule has 1 aliphatic heterocycles. The molecule has 1 N–H and O–H groups in total. The number of halogens is 1. The van der Waals surface area contributed by atoms with Gasteiger partial charge in [0.05, 0.1) is 11.5 Å². The number of rotatable bonds is 4. The van der Waals surface area contributed by atoms with Gasteiger partial charge in [-0.2, -0.15) is 0 Å². The number of nitrogens with one attached hydrogen (secondary N) is 1. The number of nitro groups is 1. The van der Waals surface area contributed by atoms with Gasteiger partial charge in [-0.15, -0.1) is 0 Å². The number of hydrogen-bond donors (Lipinski definition) is 1. The zero-order valence-corrected chi connectivity index (χ0v) is 9.60. The Hall–Kier alpha value is -1.73. The van der Waals surface area contributed by atoms with E-state index >= 15 is 0 Å². The Labute approximate surface area is 103 Å². The molecule has 0 aliphatic carbocycles. The second kappa shape index (κ2) is 5.74. The third-order valence-electron chi connectivity index (χ3n) is 2.56. The van der Waals surface area contributed by atoms with Gasteiger partial charge in [0.2, 0.25) is 5.75 Å². The predicted octanol–water partition coefficient (Wildman–Crippen LogP) is 1.10. The molecule has 1 saturated heterocycles. The normalized spacial score (nSPS) is 19.5. The summed E-state index contributed by atoms with van der Waals surface area (Å²) < 4.78 is 24.0. The highest BCUT2D eigenvalue weighted by Crippen LogP contribution is 2.29. The van der Waals surface area contributed by atoms with Crippen molar-refractivity contribution in [3.05, 3.63) is 34.1 Å². The molecule has 0 saturated carbocycles. The van der Waals surface area contributed by atoms with Crippen LogP contribution in [0.3, 0.4) is 0 Å². The van der Waals surface area contributed by atoms with E-state index in [2.05, 4.69) is 5.32 Å². The summed E-state index contributed by atoms with van der Waals surface area (Å²) in [5, 5.41) is 13.8. The first kappa shape index (κ1) is 12.7. The monoisotopic (exact) mass is 256 g/mol. The van der Waals surface area contributed by atoms with E-state index in [0.29, 0.717) is 13.2 Å². The summed E-state index contributed by atoms with van der Waals surface area (Å²) >= 11 is 0. The minimum absolute atomic E-state index is 0.0781. The van der Waals surface area contributed by atoms with E-state index in [0.717, 1.165) is 12.6 Å². The minimum Gasteiger partial charge on any atom is -0.482 e. The largest absolute Gasteiger partial charge is 0.482 e. The van der Waals surface area contributed by atoms with Crippen LogP contribution in [0, 0.1) is 15.9 Å². The van der Waals surface area contributed by atoms with Gasteiger partial charge in [-0.1, -0.05) is 6.07 Å². The van der Waals surface area contributed by atoms with Crippen LogP contribution < -0.4 is 10.1 Å². The smallest absolute Gasteiger partial charge is 0.314 e. The van der Waals surface area contributed by atoms with Gasteiger partial charge in [-0.05, 0) is 6.07 Å². The molecule has 6 nitrogen and oxygen atoms in total. The van der Waals surface area contributed by atoms with Crippen LogP contribution in [0.2, 0.25) is 0 Å². The summed E-state index contributed by atoms with van der Waals surface area (Å²) in [6.45, 7) is 1.97. The van der Waals surface area contributed by atoms with Crippen LogP contribution in [0.15, 0.2) is 18.2 Å². The second-order valence-corrected chi connectivity index (χ2v) is 3.85. The summed E-state index contributed by atoms with van der Waals surface area (Å²) in [4.78, 5) is 10.1. The maximum Gasteiger partial charge on any atom is 0.314 e. The molecule has 1 unspecified atom stereocenters. The molecule has 0 amide bonds. The van der Waals surface area contributed by atoms with Gasteiger partial charge in [0.15, 0.2) is 5.82 Å². The number of benzene rings is 1. The summed E-state index contributed by atoms with van der Waals surface area (Å²) in [6, 6.07) is 3.61. The maximum absolute atomic E-state index is 13.5. The Morgan fingerprint density at radius 1 is 1.61 bits per heavy atom. The van der Waals surface area contributed by atoms with Crippen LogP contribution in [0.4, 0.5) is 10.1 Å². The molecule has 1 heterocycles. The number of nitro benzene ring substituents is 1. The van der Waals surface area contributed by atoms with E-state index < -0.39 is 10.7 Å². The molecule has 1 fully saturated rings. The van der Waals surface area contributed by atoms with Gasteiger partial charge in [0.25, 0.3) is 0 Å². The molecule has 1 aliphatic rings. The molecule has 2 rings (SSSR count). The Morgan fingerprint density at radius 3 is 3.11 bits per heavy atom. The van der Waals surface area contributed by atoms with Gasteiger partial charge in [0, 0.05) is 19.2 Å². The number of hydrogen-bond acceptors (Lipinski definition) is 5. The molecule has 0 radical (unpaired) electrons. The fourth-order valence-corrected chi connectivity index (χ4v) is 1.69. The quantitative estimate of drug-likeness (QED) is 0.645. The van der Waals surface area contributed by atoms with Crippen molar-refractivity contribution < 1.29 is 18.8 Å². The van der Waals surface area contributed by atoms with Crippen molar-refractivity contribution in [3.8, 4) is 5.75 Å². The van der Waals surface area contributed by atoms with E-state index in [4.69, 9.17) is 9.47 Å². The molecule has 0 spiro atoms. The third-order valence-corrected chi connectivity index (χ3v) is 2.56. The average molecular weight is 256 g/mol. The first-order chi connectivity index (χ1) is 8.68. The highest BCUT2D eigenvalue weighted by Gasteiger charge is 2.21. The van der Waals surface area contributed by atoms with Crippen LogP contribution in [-0.4, -0.2) is 37.3 Å². The maximum atomic E-state index is 13.5. The van der Waals surface area contributed by atoms with Gasteiger partial charge in [0.1, 0.15) is 12.7 Å². The zero-order valence-electron chi connectivity index (χ0n) is 9.60. The first-order valence-electron chi connectivity index (χ1n) is 5.56. The van der Waals surface area contributed by atoms with Crippen molar-refractivity contribution in [2.24, 2.45) is 0 Å². The highest BCUT2D eigenvalue weighted by atomic mass is 19.1. The highest BCUT2D eigenvalue weighted by molar-refractivity contribution is 5.46. The Kier molecular flexibility index (Phi) is 4.06. The van der Waals surface area contributed by atoms with E-state index in [1.54, 1.807) is 0 Å². The lowest BCUT2D eigenvalue weighted by atomic mass is 10.3. The van der Waals surface area contributed by atoms with Crippen molar-refractivity contribution in [1.82, 2.24) is 5.32 Å². The van der Waals surface area contributed by atoms with Crippen molar-refractivity contribution in [1.29, 1.82) is 0 Å². The lowest BCUT2D eigenvalue weighted by molar-refractivity contribution is -0.386. The molecule has 1 aromatic rings. The van der Waals surface area contributed by atoms with Crippen molar-refractivity contribution >= 4 is 5.69 Å². The molecule has 1 aromatic carbocycles. The molecule has 0 bridgehead atoms. The summed E-state index contributed by atoms with van der Waals surface area (Å²) in [7, 11) is 0. The SMILES string of the molecule is O=[N+]([O-])c1cccc(F)c1OCC1CNCCO1. The topological polar surface area (TPSA) is 73.6 Å². The van der Waals surface area contributed by atoms with E-state index in [1.807, 2.05) is 0 Å². The minimum atomic E-state index is -0.743. The standard InChI is InChI=1S/C11H13FN2O4/c12-9-2-1-3-10(14(15)16)11(9)18-7-8-6-13-4-5-17-8/h1-3,8,13H,4-7H2. The zero-order chi connectivity index (χ0) is 13.0. The molecular formula is C11H13FN2O4. The Morgan fingerprint density at radius 2 is 2.44 bits per heavy atom. The van der Waals surface area contributed by atoms with E-state index in [1.165, 1.54) is 12.1 Å². The lowest BCUT2D eigenvalue weighted by Gasteiger charge is -2.23. The third kappa shape index (κ3) is 2.93. The van der Waals surface area contributed by atoms with Crippen molar-refractivity contribution in [2.75, 3.05) is 26.3 Å². The van der Waals surface area contributed by atoms with Crippen LogP contribution in [0.5, 0.6) is 5.75 Å². The van der Waals surface area contributed by atoms with E-state index in [-0.39, 0.29) is 24.1 Å². The van der Waals surface area contributed by atoms with Gasteiger partial charge in [-0.25, -0.2) is 4.39 Å². The van der Waals surface area contributed by atoms with Crippen molar-refractivity contribution in [2.45, 2.75) is 6.10 Å². The average Bonchev–Trinajstić information content (AvgIpc) is 2.38. The summed E-state index contributed by atoms with van der Waals surface area (Å²) in [6.07, 6.45) is -0.224. The number of nitrogens with zero attached hydrogens (tertiary/aromatic N) is 1. The van der Waals surface area contributed by atoms with Gasteiger partial charge < -0.3 is 14.8 Å². The molecule has 18 heavy (non-hydrogen) atoms. The Balaban J connectivity index is 2.05. The van der Waals surface area contributed by atoms with E-state index in [9.17, 15) is 14.5 Å². The van der Waals surface area contributed by atoms with Crippen LogP contribution >= 0.6 is 0 Å². The van der Waals surface area contributed by atoms with Crippen LogP contribution in [0.25, 0.3) is 0 Å². The fraction of sp³-hybridized carbons (Fsp3) is 0.455. The molecular weight excluding hydrogens is 243 g/mol. The van der Waals surface area contributed by atoms with Gasteiger partial charge in [-0.3, -0.25) is 10.1 Å². The van der Waals surface area contributed by atoms with Crippen LogP contribution in [0.1, 0.15) is 0 Å². The first-order valence-corrected chi connectivity index (χ1v) is 5.56. The van der Waals surface area contributed by atoms with Gasteiger partial charge >= 0.3 is 5.69 Å². The predicted molar refractivity (Wildman–Crippen MR) is 61.2 cm³/mol. The molecule has 1 atom stereocenters. The number of morpholine rings is 1. The lowest BCUT2D eigenvalue weighted by Crippen LogP contribution is -2.41.